The van der Waals surface area contributed by atoms with Gasteiger partial charge >= 0.3 is 6.09 Å². The third-order valence-corrected chi connectivity index (χ3v) is 3.19. The van der Waals surface area contributed by atoms with E-state index in [4.69, 9.17) is 10.8 Å². The maximum absolute atomic E-state index is 10.9. The summed E-state index contributed by atoms with van der Waals surface area (Å²) in [5.41, 5.74) is 4.84. The third kappa shape index (κ3) is 1.89. The molecule has 0 saturated carbocycles. The summed E-state index contributed by atoms with van der Waals surface area (Å²) < 4.78 is 21.9. The molecule has 0 bridgehead atoms. The molecule has 0 aromatic carbocycles. The lowest BCUT2D eigenvalue weighted by Gasteiger charge is -2.15. The second-order valence-electron chi connectivity index (χ2n) is 2.71. The lowest BCUT2D eigenvalue weighted by Crippen LogP contribution is -2.44. The van der Waals surface area contributed by atoms with E-state index in [0.717, 1.165) is 0 Å². The molecule has 0 spiro atoms. The van der Waals surface area contributed by atoms with Gasteiger partial charge in [0.2, 0.25) is 5.91 Å². The van der Waals surface area contributed by atoms with Crippen LogP contribution in [0.1, 0.15) is 0 Å². The van der Waals surface area contributed by atoms with Crippen LogP contribution in [0.5, 0.6) is 0 Å². The van der Waals surface area contributed by atoms with Gasteiger partial charge in [0.05, 0.1) is 5.75 Å². The number of carbonyl (C=O) groups is 2. The van der Waals surface area contributed by atoms with E-state index in [1.165, 1.54) is 0 Å². The molecule has 1 heterocycles. The van der Waals surface area contributed by atoms with Gasteiger partial charge in [-0.15, -0.1) is 0 Å². The maximum Gasteiger partial charge on any atom is 0.408 e. The first-order chi connectivity index (χ1) is 5.83. The number of primary amides is 1. The Morgan fingerprint density at radius 1 is 1.46 bits per heavy atom. The summed E-state index contributed by atoms with van der Waals surface area (Å²) in [6.07, 6.45) is -1.45. The molecule has 13 heavy (non-hydrogen) atoms. The number of hydrogen-bond donors (Lipinski definition) is 2. The van der Waals surface area contributed by atoms with Crippen LogP contribution in [0.15, 0.2) is 0 Å². The number of amides is 2. The second kappa shape index (κ2) is 2.87. The molecule has 74 valence electrons. The Balaban J connectivity index is 2.97. The average molecular weight is 208 g/mol. The van der Waals surface area contributed by atoms with Crippen LogP contribution in [0.4, 0.5) is 4.79 Å². The highest BCUT2D eigenvalue weighted by molar-refractivity contribution is 7.91. The van der Waals surface area contributed by atoms with E-state index in [1.807, 2.05) is 0 Å². The Labute approximate surface area is 74.0 Å². The average Bonchev–Trinajstić information content (AvgIpc) is 2.26. The number of carboxylic acid groups (broad SMARTS) is 1. The molecule has 1 unspecified atom stereocenters. The summed E-state index contributed by atoms with van der Waals surface area (Å²) in [5.74, 6) is -2.12. The summed E-state index contributed by atoms with van der Waals surface area (Å²) >= 11 is 0. The zero-order chi connectivity index (χ0) is 10.2. The molecule has 1 saturated heterocycles. The highest BCUT2D eigenvalue weighted by Crippen LogP contribution is 2.14. The van der Waals surface area contributed by atoms with Crippen molar-refractivity contribution in [3.8, 4) is 0 Å². The largest absolute Gasteiger partial charge is 0.465 e. The molecule has 8 heteroatoms. The van der Waals surface area contributed by atoms with Gasteiger partial charge in [-0.1, -0.05) is 0 Å². The van der Waals surface area contributed by atoms with E-state index in [2.05, 4.69) is 0 Å². The SMILES string of the molecule is NC(=O)C1CS(=O)(=O)CN1C(=O)O. The Morgan fingerprint density at radius 2 is 2.00 bits per heavy atom. The molecule has 1 aliphatic rings. The fourth-order valence-corrected chi connectivity index (χ4v) is 2.75. The van der Waals surface area contributed by atoms with Gasteiger partial charge in [0.25, 0.3) is 0 Å². The van der Waals surface area contributed by atoms with Gasteiger partial charge in [0.15, 0.2) is 9.84 Å². The summed E-state index contributed by atoms with van der Waals surface area (Å²) in [4.78, 5) is 21.6. The fourth-order valence-electron chi connectivity index (χ4n) is 1.11. The Hall–Kier alpha value is -1.31. The Kier molecular flexibility index (Phi) is 2.16. The topological polar surface area (TPSA) is 118 Å². The minimum absolute atomic E-state index is 0.519. The van der Waals surface area contributed by atoms with Crippen molar-refractivity contribution < 1.29 is 23.1 Å². The van der Waals surface area contributed by atoms with Crippen LogP contribution in [0, 0.1) is 0 Å². The van der Waals surface area contributed by atoms with Crippen LogP contribution in [0.25, 0.3) is 0 Å². The van der Waals surface area contributed by atoms with Crippen LogP contribution in [0.2, 0.25) is 0 Å². The van der Waals surface area contributed by atoms with Gasteiger partial charge in [0.1, 0.15) is 11.9 Å². The van der Waals surface area contributed by atoms with E-state index in [9.17, 15) is 18.0 Å². The van der Waals surface area contributed by atoms with E-state index in [1.54, 1.807) is 0 Å². The Morgan fingerprint density at radius 3 is 2.31 bits per heavy atom. The lowest BCUT2D eigenvalue weighted by atomic mass is 10.3. The van der Waals surface area contributed by atoms with Crippen molar-refractivity contribution >= 4 is 21.8 Å². The van der Waals surface area contributed by atoms with Crippen molar-refractivity contribution in [2.24, 2.45) is 5.73 Å². The number of nitrogens with zero attached hydrogens (tertiary/aromatic N) is 1. The molecular weight excluding hydrogens is 200 g/mol. The number of nitrogens with two attached hydrogens (primary N) is 1. The molecule has 1 fully saturated rings. The van der Waals surface area contributed by atoms with Gasteiger partial charge in [-0.25, -0.2) is 13.2 Å². The van der Waals surface area contributed by atoms with Crippen molar-refractivity contribution in [2.75, 3.05) is 11.6 Å². The molecule has 2 amide bonds. The standard InChI is InChI=1S/C5H8N2O5S/c6-4(8)3-1-13(11,12)2-7(3)5(9)10/h3H,1-2H2,(H2,6,8)(H,9,10). The van der Waals surface area contributed by atoms with Crippen LogP contribution >= 0.6 is 0 Å². The molecule has 0 radical (unpaired) electrons. The quantitative estimate of drug-likeness (QED) is 0.527. The predicted molar refractivity (Wildman–Crippen MR) is 41.5 cm³/mol. The zero-order valence-corrected chi connectivity index (χ0v) is 7.32. The molecule has 1 rings (SSSR count). The van der Waals surface area contributed by atoms with E-state index < -0.39 is 39.5 Å². The number of sulfone groups is 1. The fraction of sp³-hybridized carbons (Fsp3) is 0.600. The van der Waals surface area contributed by atoms with E-state index in [-0.39, 0.29) is 0 Å². The summed E-state index contributed by atoms with van der Waals surface area (Å²) in [6.45, 7) is 0. The lowest BCUT2D eigenvalue weighted by molar-refractivity contribution is -0.121. The number of carbonyl (C=O) groups excluding carboxylic acids is 1. The molecule has 0 aromatic rings. The van der Waals surface area contributed by atoms with Crippen molar-refractivity contribution in [2.45, 2.75) is 6.04 Å². The van der Waals surface area contributed by atoms with Gasteiger partial charge in [-0.05, 0) is 0 Å². The van der Waals surface area contributed by atoms with Gasteiger partial charge < -0.3 is 10.8 Å². The smallest absolute Gasteiger partial charge is 0.408 e. The number of hydrogen-bond acceptors (Lipinski definition) is 4. The highest BCUT2D eigenvalue weighted by atomic mass is 32.2. The monoisotopic (exact) mass is 208 g/mol. The molecule has 1 atom stereocenters. The summed E-state index contributed by atoms with van der Waals surface area (Å²) in [7, 11) is -3.49. The predicted octanol–water partition coefficient (Wildman–Crippen LogP) is -1.79. The molecular formula is C5H8N2O5S. The summed E-state index contributed by atoms with van der Waals surface area (Å²) in [5, 5.41) is 8.52. The molecule has 1 aliphatic heterocycles. The van der Waals surface area contributed by atoms with Gasteiger partial charge in [-0.3, -0.25) is 9.69 Å². The van der Waals surface area contributed by atoms with Crippen LogP contribution in [-0.2, 0) is 14.6 Å². The minimum Gasteiger partial charge on any atom is -0.465 e. The van der Waals surface area contributed by atoms with Crippen LogP contribution < -0.4 is 5.73 Å². The third-order valence-electron chi connectivity index (χ3n) is 1.70. The van der Waals surface area contributed by atoms with Crippen LogP contribution in [-0.4, -0.2) is 48.1 Å². The number of rotatable bonds is 1. The minimum atomic E-state index is -3.49. The van der Waals surface area contributed by atoms with Crippen LogP contribution in [0.3, 0.4) is 0 Å². The van der Waals surface area contributed by atoms with E-state index >= 15 is 0 Å². The van der Waals surface area contributed by atoms with Crippen molar-refractivity contribution in [3.63, 3.8) is 0 Å². The summed E-state index contributed by atoms with van der Waals surface area (Å²) in [6, 6.07) is -1.25. The first-order valence-corrected chi connectivity index (χ1v) is 5.15. The maximum atomic E-state index is 10.9. The molecule has 7 nitrogen and oxygen atoms in total. The first kappa shape index (κ1) is 9.78. The van der Waals surface area contributed by atoms with Crippen molar-refractivity contribution in [3.05, 3.63) is 0 Å². The normalized spacial score (nSPS) is 25.8. The van der Waals surface area contributed by atoms with Gasteiger partial charge in [0, 0.05) is 0 Å². The molecule has 3 N–H and O–H groups in total. The highest BCUT2D eigenvalue weighted by Gasteiger charge is 2.41. The second-order valence-corrected chi connectivity index (χ2v) is 4.79. The van der Waals surface area contributed by atoms with Gasteiger partial charge in [-0.2, -0.15) is 0 Å². The zero-order valence-electron chi connectivity index (χ0n) is 6.50. The molecule has 0 aromatic heterocycles. The van der Waals surface area contributed by atoms with E-state index in [0.29, 0.717) is 4.90 Å². The van der Waals surface area contributed by atoms with Crippen molar-refractivity contribution in [1.29, 1.82) is 0 Å². The Bertz CT molecular complexity index is 320. The first-order valence-electron chi connectivity index (χ1n) is 3.33. The van der Waals surface area contributed by atoms with Crippen molar-refractivity contribution in [1.82, 2.24) is 4.90 Å². The molecule has 0 aliphatic carbocycles.